The number of nitrogens with zero attached hydrogens (tertiary/aromatic N) is 1. The average Bonchev–Trinajstić information content (AvgIpc) is 2.48. The van der Waals surface area contributed by atoms with Crippen molar-refractivity contribution in [2.24, 2.45) is 0 Å². The van der Waals surface area contributed by atoms with E-state index in [4.69, 9.17) is 0 Å². The summed E-state index contributed by atoms with van der Waals surface area (Å²) in [6, 6.07) is 5.07. The first kappa shape index (κ1) is 15.7. The number of rotatable bonds is 6. The van der Waals surface area contributed by atoms with Gasteiger partial charge in [-0.05, 0) is 38.2 Å². The van der Waals surface area contributed by atoms with Crippen molar-refractivity contribution in [3.8, 4) is 0 Å². The number of nitro benzene ring substituents is 1. The van der Waals surface area contributed by atoms with E-state index in [2.05, 4.69) is 10.8 Å². The van der Waals surface area contributed by atoms with Crippen LogP contribution >= 0.6 is 0 Å². The summed E-state index contributed by atoms with van der Waals surface area (Å²) < 4.78 is 26.7. The molecule has 0 radical (unpaired) electrons. The molecule has 0 aliphatic heterocycles. The highest BCUT2D eigenvalue weighted by Gasteiger charge is 2.17. The number of benzene rings is 1. The Labute approximate surface area is 124 Å². The van der Waals surface area contributed by atoms with Crippen molar-refractivity contribution in [2.45, 2.75) is 37.0 Å². The number of nitrogens with one attached hydrogen (secondary N) is 1. The smallest absolute Gasteiger partial charge is 0.258 e. The highest BCUT2D eigenvalue weighted by molar-refractivity contribution is 7.89. The molecule has 0 heterocycles. The Balaban J connectivity index is 1.99. The lowest BCUT2D eigenvalue weighted by molar-refractivity contribution is -0.385. The number of hydrogen-bond acceptors (Lipinski definition) is 4. The van der Waals surface area contributed by atoms with Crippen LogP contribution in [0.25, 0.3) is 0 Å². The summed E-state index contributed by atoms with van der Waals surface area (Å²) in [5.74, 6) is 0. The minimum Gasteiger partial charge on any atom is -0.258 e. The first-order chi connectivity index (χ1) is 9.99. The molecule has 0 spiro atoms. The molecule has 0 atom stereocenters. The lowest BCUT2D eigenvalue weighted by Gasteiger charge is -2.13. The molecule has 7 heteroatoms. The van der Waals surface area contributed by atoms with Crippen LogP contribution in [0.2, 0.25) is 0 Å². The molecular weight excluding hydrogens is 292 g/mol. The van der Waals surface area contributed by atoms with Gasteiger partial charge in [-0.1, -0.05) is 17.7 Å². The number of nitro groups is 1. The number of non-ortho nitro benzene ring substituents is 1. The minimum absolute atomic E-state index is 0.0747. The van der Waals surface area contributed by atoms with Gasteiger partial charge in [0.25, 0.3) is 5.69 Å². The van der Waals surface area contributed by atoms with E-state index in [1.807, 2.05) is 0 Å². The topological polar surface area (TPSA) is 89.3 Å². The molecular formula is C14H18N2O4S. The standard InChI is InChI=1S/C14H18N2O4S/c17-16(18)13-7-4-8-14(11-13)21(19,20)15-10-9-12-5-2-1-3-6-12/h4-5,7-8,11,15H,1-3,6,9-10H2. The van der Waals surface area contributed by atoms with E-state index >= 15 is 0 Å². The van der Waals surface area contributed by atoms with E-state index in [9.17, 15) is 18.5 Å². The van der Waals surface area contributed by atoms with Gasteiger partial charge in [-0.25, -0.2) is 13.1 Å². The zero-order valence-corrected chi connectivity index (χ0v) is 12.4. The van der Waals surface area contributed by atoms with Gasteiger partial charge >= 0.3 is 0 Å². The Bertz CT molecular complexity index is 653. The summed E-state index contributed by atoms with van der Waals surface area (Å²) in [5, 5.41) is 10.7. The van der Waals surface area contributed by atoms with Gasteiger partial charge in [0.15, 0.2) is 0 Å². The van der Waals surface area contributed by atoms with Gasteiger partial charge < -0.3 is 0 Å². The summed E-state index contributed by atoms with van der Waals surface area (Å²) in [4.78, 5) is 10.0. The van der Waals surface area contributed by atoms with Gasteiger partial charge in [0.05, 0.1) is 9.82 Å². The lowest BCUT2D eigenvalue weighted by Crippen LogP contribution is -2.25. The molecule has 1 aromatic rings. The lowest BCUT2D eigenvalue weighted by atomic mass is 9.97. The fourth-order valence-electron chi connectivity index (χ4n) is 2.33. The molecule has 0 bridgehead atoms. The highest BCUT2D eigenvalue weighted by Crippen LogP contribution is 2.20. The predicted octanol–water partition coefficient (Wildman–Crippen LogP) is 2.76. The molecule has 0 amide bonds. The molecule has 1 aromatic carbocycles. The number of hydrogen-bond donors (Lipinski definition) is 1. The Morgan fingerprint density at radius 2 is 2.10 bits per heavy atom. The molecule has 1 N–H and O–H groups in total. The van der Waals surface area contributed by atoms with Crippen LogP contribution in [0.15, 0.2) is 40.8 Å². The third-order valence-electron chi connectivity index (χ3n) is 3.46. The van der Waals surface area contributed by atoms with E-state index < -0.39 is 14.9 Å². The van der Waals surface area contributed by atoms with Crippen molar-refractivity contribution in [3.63, 3.8) is 0 Å². The first-order valence-electron chi connectivity index (χ1n) is 6.91. The van der Waals surface area contributed by atoms with Crippen LogP contribution in [0, 0.1) is 10.1 Å². The Morgan fingerprint density at radius 3 is 2.76 bits per heavy atom. The zero-order chi connectivity index (χ0) is 15.3. The first-order valence-corrected chi connectivity index (χ1v) is 8.39. The van der Waals surface area contributed by atoms with Crippen molar-refractivity contribution in [1.29, 1.82) is 0 Å². The maximum atomic E-state index is 12.1. The molecule has 1 aliphatic carbocycles. The SMILES string of the molecule is O=[N+]([O-])c1cccc(S(=O)(=O)NCCC2=CCCCC2)c1. The fourth-order valence-corrected chi connectivity index (χ4v) is 3.40. The van der Waals surface area contributed by atoms with Crippen molar-refractivity contribution in [1.82, 2.24) is 4.72 Å². The Kier molecular flexibility index (Phi) is 5.08. The van der Waals surface area contributed by atoms with E-state index in [0.717, 1.165) is 25.3 Å². The second-order valence-electron chi connectivity index (χ2n) is 5.01. The van der Waals surface area contributed by atoms with Crippen LogP contribution in [0.1, 0.15) is 32.1 Å². The molecule has 1 aliphatic rings. The Morgan fingerprint density at radius 1 is 1.29 bits per heavy atom. The second kappa shape index (κ2) is 6.82. The minimum atomic E-state index is -3.70. The molecule has 2 rings (SSSR count). The van der Waals surface area contributed by atoms with Gasteiger partial charge in [0.2, 0.25) is 10.0 Å². The van der Waals surface area contributed by atoms with Crippen molar-refractivity contribution in [2.75, 3.05) is 6.54 Å². The maximum absolute atomic E-state index is 12.1. The largest absolute Gasteiger partial charge is 0.270 e. The van der Waals surface area contributed by atoms with E-state index in [1.54, 1.807) is 0 Å². The summed E-state index contributed by atoms with van der Waals surface area (Å²) in [7, 11) is -3.70. The zero-order valence-electron chi connectivity index (χ0n) is 11.6. The van der Waals surface area contributed by atoms with Crippen LogP contribution in [-0.2, 0) is 10.0 Å². The second-order valence-corrected chi connectivity index (χ2v) is 6.78. The van der Waals surface area contributed by atoms with E-state index in [0.29, 0.717) is 13.0 Å². The van der Waals surface area contributed by atoms with Crippen LogP contribution in [0.3, 0.4) is 0 Å². The van der Waals surface area contributed by atoms with Crippen LogP contribution in [-0.4, -0.2) is 19.9 Å². The summed E-state index contributed by atoms with van der Waals surface area (Å²) >= 11 is 0. The summed E-state index contributed by atoms with van der Waals surface area (Å²) in [6.07, 6.45) is 7.30. The summed E-state index contributed by atoms with van der Waals surface area (Å²) in [5.41, 5.74) is 1.05. The molecule has 21 heavy (non-hydrogen) atoms. The molecule has 0 aromatic heterocycles. The summed E-state index contributed by atoms with van der Waals surface area (Å²) in [6.45, 7) is 0.316. The molecule has 0 saturated heterocycles. The van der Waals surface area contributed by atoms with Gasteiger partial charge in [0, 0.05) is 18.7 Å². The maximum Gasteiger partial charge on any atom is 0.270 e. The molecule has 6 nitrogen and oxygen atoms in total. The van der Waals surface area contributed by atoms with Crippen molar-refractivity contribution in [3.05, 3.63) is 46.0 Å². The monoisotopic (exact) mass is 310 g/mol. The highest BCUT2D eigenvalue weighted by atomic mass is 32.2. The van der Waals surface area contributed by atoms with Crippen molar-refractivity contribution >= 4 is 15.7 Å². The quantitative estimate of drug-likeness (QED) is 0.497. The molecule has 0 fully saturated rings. The van der Waals surface area contributed by atoms with Gasteiger partial charge in [0.1, 0.15) is 0 Å². The van der Waals surface area contributed by atoms with Crippen LogP contribution < -0.4 is 4.72 Å². The predicted molar refractivity (Wildman–Crippen MR) is 79.5 cm³/mol. The van der Waals surface area contributed by atoms with Crippen molar-refractivity contribution < 1.29 is 13.3 Å². The van der Waals surface area contributed by atoms with E-state index in [1.165, 1.54) is 30.2 Å². The Hall–Kier alpha value is -1.73. The average molecular weight is 310 g/mol. The third-order valence-corrected chi connectivity index (χ3v) is 4.92. The van der Waals surface area contributed by atoms with Gasteiger partial charge in [-0.3, -0.25) is 10.1 Å². The number of allylic oxidation sites excluding steroid dienone is 1. The molecule has 114 valence electrons. The van der Waals surface area contributed by atoms with Crippen LogP contribution in [0.5, 0.6) is 0 Å². The fraction of sp³-hybridized carbons (Fsp3) is 0.429. The van der Waals surface area contributed by atoms with Crippen LogP contribution in [0.4, 0.5) is 5.69 Å². The normalized spacial score (nSPS) is 15.5. The van der Waals surface area contributed by atoms with Gasteiger partial charge in [-0.15, -0.1) is 0 Å². The number of sulfonamides is 1. The molecule has 0 saturated carbocycles. The third kappa shape index (κ3) is 4.37. The molecule has 0 unspecified atom stereocenters. The van der Waals surface area contributed by atoms with Gasteiger partial charge in [-0.2, -0.15) is 0 Å². The van der Waals surface area contributed by atoms with E-state index in [-0.39, 0.29) is 10.6 Å².